The zero-order valence-corrected chi connectivity index (χ0v) is 12.1. The molecular formula is C16H26N2. The van der Waals surface area contributed by atoms with Gasteiger partial charge < -0.3 is 10.2 Å². The smallest absolute Gasteiger partial charge is 0.0208 e. The molecule has 2 nitrogen and oxygen atoms in total. The van der Waals surface area contributed by atoms with Gasteiger partial charge in [0.15, 0.2) is 0 Å². The Balaban J connectivity index is 1.88. The van der Waals surface area contributed by atoms with E-state index in [0.29, 0.717) is 12.1 Å². The van der Waals surface area contributed by atoms with Crippen molar-refractivity contribution in [3.63, 3.8) is 0 Å². The Morgan fingerprint density at radius 3 is 2.56 bits per heavy atom. The third kappa shape index (κ3) is 3.33. The fourth-order valence-electron chi connectivity index (χ4n) is 2.78. The molecule has 18 heavy (non-hydrogen) atoms. The van der Waals surface area contributed by atoms with Gasteiger partial charge in [0, 0.05) is 25.2 Å². The summed E-state index contributed by atoms with van der Waals surface area (Å²) in [6, 6.07) is 10.2. The molecular weight excluding hydrogens is 220 g/mol. The lowest BCUT2D eigenvalue weighted by Crippen LogP contribution is -2.50. The highest BCUT2D eigenvalue weighted by atomic mass is 15.2. The number of piperidine rings is 1. The van der Waals surface area contributed by atoms with Gasteiger partial charge in [-0.1, -0.05) is 36.8 Å². The number of hydrogen-bond acceptors (Lipinski definition) is 2. The van der Waals surface area contributed by atoms with Crippen molar-refractivity contribution in [3.8, 4) is 0 Å². The van der Waals surface area contributed by atoms with Gasteiger partial charge in [-0.25, -0.2) is 0 Å². The molecule has 0 bridgehead atoms. The van der Waals surface area contributed by atoms with Crippen molar-refractivity contribution in [1.82, 2.24) is 10.2 Å². The van der Waals surface area contributed by atoms with E-state index < -0.39 is 0 Å². The summed E-state index contributed by atoms with van der Waals surface area (Å²) in [5.74, 6) is 0.733. The Morgan fingerprint density at radius 1 is 1.22 bits per heavy atom. The predicted octanol–water partition coefficient (Wildman–Crippen LogP) is 2.81. The van der Waals surface area contributed by atoms with Gasteiger partial charge >= 0.3 is 0 Å². The molecule has 0 spiro atoms. The monoisotopic (exact) mass is 246 g/mol. The summed E-state index contributed by atoms with van der Waals surface area (Å²) in [4.78, 5) is 2.47. The second kappa shape index (κ2) is 5.85. The molecule has 3 atom stereocenters. The number of hydrogen-bond donors (Lipinski definition) is 1. The van der Waals surface area contributed by atoms with E-state index in [0.717, 1.165) is 12.5 Å². The SMILES string of the molecule is Cc1ccc(CNC2CC(C)N(C)CC2C)cc1. The van der Waals surface area contributed by atoms with Crippen LogP contribution in [-0.2, 0) is 6.54 Å². The van der Waals surface area contributed by atoms with Crippen LogP contribution < -0.4 is 5.32 Å². The minimum absolute atomic E-state index is 0.650. The van der Waals surface area contributed by atoms with E-state index in [9.17, 15) is 0 Å². The maximum Gasteiger partial charge on any atom is 0.0208 e. The maximum absolute atomic E-state index is 3.73. The molecule has 0 saturated carbocycles. The molecule has 1 aromatic rings. The molecule has 100 valence electrons. The first-order chi connectivity index (χ1) is 8.56. The number of likely N-dealkylation sites (tertiary alicyclic amines) is 1. The van der Waals surface area contributed by atoms with Gasteiger partial charge in [0.25, 0.3) is 0 Å². The first-order valence-corrected chi connectivity index (χ1v) is 7.05. The summed E-state index contributed by atoms with van der Waals surface area (Å²) in [6.07, 6.45) is 1.25. The van der Waals surface area contributed by atoms with E-state index in [1.807, 2.05) is 0 Å². The lowest BCUT2D eigenvalue weighted by molar-refractivity contribution is 0.121. The molecule has 1 aliphatic heterocycles. The van der Waals surface area contributed by atoms with Crippen LogP contribution in [0.3, 0.4) is 0 Å². The molecule has 0 aromatic heterocycles. The third-order valence-corrected chi connectivity index (χ3v) is 4.30. The van der Waals surface area contributed by atoms with Crippen molar-refractivity contribution in [2.45, 2.75) is 45.8 Å². The Bertz CT molecular complexity index is 371. The molecule has 2 rings (SSSR count). The number of nitrogens with one attached hydrogen (secondary N) is 1. The fourth-order valence-corrected chi connectivity index (χ4v) is 2.78. The van der Waals surface area contributed by atoms with Crippen LogP contribution in [0.1, 0.15) is 31.4 Å². The summed E-state index contributed by atoms with van der Waals surface area (Å²) in [7, 11) is 2.23. The van der Waals surface area contributed by atoms with Gasteiger partial charge in [0.05, 0.1) is 0 Å². The van der Waals surface area contributed by atoms with Gasteiger partial charge in [-0.15, -0.1) is 0 Å². The normalized spacial score (nSPS) is 29.4. The van der Waals surface area contributed by atoms with Gasteiger partial charge in [0.2, 0.25) is 0 Å². The highest BCUT2D eigenvalue weighted by Gasteiger charge is 2.28. The fraction of sp³-hybridized carbons (Fsp3) is 0.625. The van der Waals surface area contributed by atoms with E-state index in [-0.39, 0.29) is 0 Å². The molecule has 0 radical (unpaired) electrons. The van der Waals surface area contributed by atoms with Gasteiger partial charge in [-0.3, -0.25) is 0 Å². The molecule has 1 heterocycles. The zero-order chi connectivity index (χ0) is 13.1. The quantitative estimate of drug-likeness (QED) is 0.882. The van der Waals surface area contributed by atoms with Gasteiger partial charge in [-0.05, 0) is 38.8 Å². The average Bonchev–Trinajstić information content (AvgIpc) is 2.34. The van der Waals surface area contributed by atoms with E-state index in [4.69, 9.17) is 0 Å². The van der Waals surface area contributed by atoms with Crippen molar-refractivity contribution in [2.75, 3.05) is 13.6 Å². The first-order valence-electron chi connectivity index (χ1n) is 7.05. The van der Waals surface area contributed by atoms with Crippen molar-refractivity contribution in [2.24, 2.45) is 5.92 Å². The van der Waals surface area contributed by atoms with Crippen molar-refractivity contribution in [1.29, 1.82) is 0 Å². The lowest BCUT2D eigenvalue weighted by Gasteiger charge is -2.40. The topological polar surface area (TPSA) is 15.3 Å². The molecule has 3 unspecified atom stereocenters. The Labute approximate surface area is 111 Å². The maximum atomic E-state index is 3.73. The lowest BCUT2D eigenvalue weighted by atomic mass is 9.89. The minimum Gasteiger partial charge on any atom is -0.310 e. The molecule has 1 N–H and O–H groups in total. The van der Waals surface area contributed by atoms with Crippen LogP contribution in [0, 0.1) is 12.8 Å². The van der Waals surface area contributed by atoms with Crippen LogP contribution in [0.4, 0.5) is 0 Å². The second-order valence-electron chi connectivity index (χ2n) is 5.97. The summed E-state index contributed by atoms with van der Waals surface area (Å²) in [5.41, 5.74) is 2.72. The van der Waals surface area contributed by atoms with E-state index >= 15 is 0 Å². The van der Waals surface area contributed by atoms with Gasteiger partial charge in [0.1, 0.15) is 0 Å². The van der Waals surface area contributed by atoms with Crippen LogP contribution in [0.2, 0.25) is 0 Å². The molecule has 1 aliphatic rings. The summed E-state index contributed by atoms with van der Waals surface area (Å²) >= 11 is 0. The molecule has 1 aromatic carbocycles. The van der Waals surface area contributed by atoms with Crippen LogP contribution in [-0.4, -0.2) is 30.6 Å². The molecule has 0 amide bonds. The third-order valence-electron chi connectivity index (χ3n) is 4.30. The molecule has 2 heteroatoms. The Kier molecular flexibility index (Phi) is 4.41. The van der Waals surface area contributed by atoms with Crippen LogP contribution in [0.15, 0.2) is 24.3 Å². The van der Waals surface area contributed by atoms with E-state index in [1.165, 1.54) is 24.1 Å². The van der Waals surface area contributed by atoms with Crippen molar-refractivity contribution in [3.05, 3.63) is 35.4 Å². The number of aryl methyl sites for hydroxylation is 1. The summed E-state index contributed by atoms with van der Waals surface area (Å²) < 4.78 is 0. The van der Waals surface area contributed by atoms with Crippen molar-refractivity contribution < 1.29 is 0 Å². The number of benzene rings is 1. The Morgan fingerprint density at radius 2 is 1.89 bits per heavy atom. The Hall–Kier alpha value is -0.860. The van der Waals surface area contributed by atoms with E-state index in [1.54, 1.807) is 0 Å². The predicted molar refractivity (Wildman–Crippen MR) is 77.7 cm³/mol. The first kappa shape index (κ1) is 13.6. The number of nitrogens with zero attached hydrogens (tertiary/aromatic N) is 1. The van der Waals surface area contributed by atoms with Crippen LogP contribution >= 0.6 is 0 Å². The molecule has 1 saturated heterocycles. The highest BCUT2D eigenvalue weighted by molar-refractivity contribution is 5.21. The van der Waals surface area contributed by atoms with Crippen LogP contribution in [0.5, 0.6) is 0 Å². The standard InChI is InChI=1S/C16H26N2/c1-12-5-7-15(8-6-12)10-17-16-9-14(3)18(4)11-13(16)2/h5-8,13-14,16-17H,9-11H2,1-4H3. The second-order valence-corrected chi connectivity index (χ2v) is 5.97. The van der Waals surface area contributed by atoms with Crippen LogP contribution in [0.25, 0.3) is 0 Å². The largest absolute Gasteiger partial charge is 0.310 e. The molecule has 1 fully saturated rings. The minimum atomic E-state index is 0.650. The van der Waals surface area contributed by atoms with Crippen molar-refractivity contribution >= 4 is 0 Å². The van der Waals surface area contributed by atoms with Gasteiger partial charge in [-0.2, -0.15) is 0 Å². The summed E-state index contributed by atoms with van der Waals surface area (Å²) in [6.45, 7) is 9.01. The zero-order valence-electron chi connectivity index (χ0n) is 12.1. The summed E-state index contributed by atoms with van der Waals surface area (Å²) in [5, 5.41) is 3.73. The molecule has 0 aliphatic carbocycles. The van der Waals surface area contributed by atoms with E-state index in [2.05, 4.69) is 62.3 Å². The number of rotatable bonds is 3. The average molecular weight is 246 g/mol. The highest BCUT2D eigenvalue weighted by Crippen LogP contribution is 2.21.